The van der Waals surface area contributed by atoms with Crippen molar-refractivity contribution in [3.63, 3.8) is 0 Å². The third-order valence-electron chi connectivity index (χ3n) is 3.34. The molecule has 1 N–H and O–H groups in total. The number of hydrogen-bond acceptors (Lipinski definition) is 3. The number of anilines is 2. The zero-order chi connectivity index (χ0) is 13.0. The smallest absolute Gasteiger partial charge is 0.224 e. The van der Waals surface area contributed by atoms with Crippen LogP contribution in [0.2, 0.25) is 0 Å². The van der Waals surface area contributed by atoms with Gasteiger partial charge in [0.1, 0.15) is 0 Å². The lowest BCUT2D eigenvalue weighted by atomic mass is 10.2. The van der Waals surface area contributed by atoms with Crippen molar-refractivity contribution in [2.45, 2.75) is 13.3 Å². The average molecular weight is 247 g/mol. The number of carbonyl (C=O) groups excluding carboxylic acids is 1. The third kappa shape index (κ3) is 3.23. The molecule has 4 heteroatoms. The highest BCUT2D eigenvalue weighted by atomic mass is 16.1. The van der Waals surface area contributed by atoms with E-state index in [9.17, 15) is 4.79 Å². The predicted molar refractivity (Wildman–Crippen MR) is 75.1 cm³/mol. The number of carbonyl (C=O) groups is 1. The molecule has 0 spiro atoms. The van der Waals surface area contributed by atoms with Crippen molar-refractivity contribution in [3.05, 3.63) is 24.3 Å². The van der Waals surface area contributed by atoms with E-state index in [4.69, 9.17) is 0 Å². The molecule has 0 aliphatic carbocycles. The zero-order valence-electron chi connectivity index (χ0n) is 11.1. The van der Waals surface area contributed by atoms with Crippen LogP contribution in [-0.4, -0.2) is 44.0 Å². The fourth-order valence-corrected chi connectivity index (χ4v) is 2.07. The monoisotopic (exact) mass is 247 g/mol. The Labute approximate surface area is 109 Å². The molecule has 0 unspecified atom stereocenters. The zero-order valence-corrected chi connectivity index (χ0v) is 11.1. The van der Waals surface area contributed by atoms with Crippen LogP contribution >= 0.6 is 0 Å². The minimum Gasteiger partial charge on any atom is -0.369 e. The Bertz CT molecular complexity index is 394. The van der Waals surface area contributed by atoms with Gasteiger partial charge in [-0.2, -0.15) is 0 Å². The number of amides is 1. The van der Waals surface area contributed by atoms with Crippen LogP contribution in [0.1, 0.15) is 13.3 Å². The molecule has 1 aromatic carbocycles. The molecule has 1 amide bonds. The van der Waals surface area contributed by atoms with E-state index < -0.39 is 0 Å². The summed E-state index contributed by atoms with van der Waals surface area (Å²) in [5.74, 6) is 0.0577. The Hall–Kier alpha value is -1.55. The molecular formula is C14H21N3O. The van der Waals surface area contributed by atoms with E-state index >= 15 is 0 Å². The summed E-state index contributed by atoms with van der Waals surface area (Å²) in [4.78, 5) is 16.0. The Balaban J connectivity index is 1.97. The van der Waals surface area contributed by atoms with Gasteiger partial charge in [0.15, 0.2) is 0 Å². The summed E-state index contributed by atoms with van der Waals surface area (Å²) >= 11 is 0. The summed E-state index contributed by atoms with van der Waals surface area (Å²) in [5, 5.41) is 2.86. The predicted octanol–water partition coefficient (Wildman–Crippen LogP) is 1.79. The molecule has 0 bridgehead atoms. The average Bonchev–Trinajstić information content (AvgIpc) is 2.40. The first-order valence-corrected chi connectivity index (χ1v) is 6.52. The second-order valence-corrected chi connectivity index (χ2v) is 4.74. The minimum absolute atomic E-state index is 0.0577. The molecule has 0 saturated carbocycles. The molecular weight excluding hydrogens is 226 g/mol. The minimum atomic E-state index is 0.0577. The Kier molecular flexibility index (Phi) is 4.20. The number of piperazine rings is 1. The highest BCUT2D eigenvalue weighted by Gasteiger charge is 2.13. The number of benzene rings is 1. The number of likely N-dealkylation sites (N-methyl/N-ethyl adjacent to an activating group) is 1. The molecule has 18 heavy (non-hydrogen) atoms. The van der Waals surface area contributed by atoms with E-state index in [-0.39, 0.29) is 5.91 Å². The van der Waals surface area contributed by atoms with Gasteiger partial charge < -0.3 is 15.1 Å². The first-order valence-electron chi connectivity index (χ1n) is 6.52. The van der Waals surface area contributed by atoms with Gasteiger partial charge in [0.2, 0.25) is 5.91 Å². The normalized spacial score (nSPS) is 16.7. The van der Waals surface area contributed by atoms with Crippen LogP contribution in [0, 0.1) is 0 Å². The molecule has 98 valence electrons. The SMILES string of the molecule is CCC(=O)Nc1ccc(N2CCN(C)CC2)cc1. The lowest BCUT2D eigenvalue weighted by molar-refractivity contribution is -0.115. The largest absolute Gasteiger partial charge is 0.369 e. The van der Waals surface area contributed by atoms with Crippen molar-refractivity contribution in [1.82, 2.24) is 4.90 Å². The topological polar surface area (TPSA) is 35.6 Å². The maximum atomic E-state index is 11.3. The van der Waals surface area contributed by atoms with Crippen molar-refractivity contribution in [2.24, 2.45) is 0 Å². The van der Waals surface area contributed by atoms with Gasteiger partial charge in [-0.3, -0.25) is 4.79 Å². The standard InChI is InChI=1S/C14H21N3O/c1-3-14(18)15-12-4-6-13(7-5-12)17-10-8-16(2)9-11-17/h4-7H,3,8-11H2,1-2H3,(H,15,18). The van der Waals surface area contributed by atoms with Gasteiger partial charge in [-0.15, -0.1) is 0 Å². The maximum Gasteiger partial charge on any atom is 0.224 e. The van der Waals surface area contributed by atoms with E-state index in [1.807, 2.05) is 19.1 Å². The lowest BCUT2D eigenvalue weighted by Gasteiger charge is -2.34. The van der Waals surface area contributed by atoms with Crippen LogP contribution in [-0.2, 0) is 4.79 Å². The highest BCUT2D eigenvalue weighted by Crippen LogP contribution is 2.19. The van der Waals surface area contributed by atoms with Gasteiger partial charge in [0.05, 0.1) is 0 Å². The summed E-state index contributed by atoms with van der Waals surface area (Å²) in [6.45, 7) is 6.20. The van der Waals surface area contributed by atoms with E-state index in [0.29, 0.717) is 6.42 Å². The van der Waals surface area contributed by atoms with Gasteiger partial charge in [-0.25, -0.2) is 0 Å². The van der Waals surface area contributed by atoms with Crippen LogP contribution in [0.15, 0.2) is 24.3 Å². The first-order chi connectivity index (χ1) is 8.69. The van der Waals surface area contributed by atoms with Gasteiger partial charge in [-0.05, 0) is 31.3 Å². The summed E-state index contributed by atoms with van der Waals surface area (Å²) in [5.41, 5.74) is 2.11. The molecule has 0 radical (unpaired) electrons. The Morgan fingerprint density at radius 3 is 2.33 bits per heavy atom. The van der Waals surface area contributed by atoms with Crippen LogP contribution in [0.25, 0.3) is 0 Å². The van der Waals surface area contributed by atoms with Gasteiger partial charge in [0.25, 0.3) is 0 Å². The fraction of sp³-hybridized carbons (Fsp3) is 0.500. The first kappa shape index (κ1) is 12.9. The van der Waals surface area contributed by atoms with E-state index in [0.717, 1.165) is 31.9 Å². The molecule has 2 rings (SSSR count). The lowest BCUT2D eigenvalue weighted by Crippen LogP contribution is -2.44. The van der Waals surface area contributed by atoms with Gasteiger partial charge >= 0.3 is 0 Å². The molecule has 4 nitrogen and oxygen atoms in total. The number of rotatable bonds is 3. The molecule has 1 aliphatic heterocycles. The quantitative estimate of drug-likeness (QED) is 0.884. The molecule has 0 aromatic heterocycles. The van der Waals surface area contributed by atoms with Crippen molar-refractivity contribution in [1.29, 1.82) is 0 Å². The number of nitrogens with zero attached hydrogens (tertiary/aromatic N) is 2. The molecule has 1 fully saturated rings. The van der Waals surface area contributed by atoms with Crippen molar-refractivity contribution in [2.75, 3.05) is 43.4 Å². The van der Waals surface area contributed by atoms with Crippen LogP contribution in [0.4, 0.5) is 11.4 Å². The molecule has 1 heterocycles. The van der Waals surface area contributed by atoms with Crippen molar-refractivity contribution < 1.29 is 4.79 Å². The van der Waals surface area contributed by atoms with Crippen LogP contribution in [0.5, 0.6) is 0 Å². The molecule has 1 saturated heterocycles. The van der Waals surface area contributed by atoms with E-state index in [1.165, 1.54) is 5.69 Å². The fourth-order valence-electron chi connectivity index (χ4n) is 2.07. The summed E-state index contributed by atoms with van der Waals surface area (Å²) in [6, 6.07) is 8.11. The third-order valence-corrected chi connectivity index (χ3v) is 3.34. The van der Waals surface area contributed by atoms with Gasteiger partial charge in [-0.1, -0.05) is 6.92 Å². The number of nitrogens with one attached hydrogen (secondary N) is 1. The second-order valence-electron chi connectivity index (χ2n) is 4.74. The Morgan fingerprint density at radius 2 is 1.78 bits per heavy atom. The maximum absolute atomic E-state index is 11.3. The highest BCUT2D eigenvalue weighted by molar-refractivity contribution is 5.90. The molecule has 0 atom stereocenters. The summed E-state index contributed by atoms with van der Waals surface area (Å²) in [7, 11) is 2.15. The van der Waals surface area contributed by atoms with Crippen LogP contribution in [0.3, 0.4) is 0 Å². The number of hydrogen-bond donors (Lipinski definition) is 1. The Morgan fingerprint density at radius 1 is 1.17 bits per heavy atom. The summed E-state index contributed by atoms with van der Waals surface area (Å²) < 4.78 is 0. The summed E-state index contributed by atoms with van der Waals surface area (Å²) in [6.07, 6.45) is 0.514. The molecule has 1 aliphatic rings. The molecule has 1 aromatic rings. The van der Waals surface area contributed by atoms with E-state index in [2.05, 4.69) is 34.3 Å². The van der Waals surface area contributed by atoms with Crippen molar-refractivity contribution in [3.8, 4) is 0 Å². The second kappa shape index (κ2) is 5.87. The van der Waals surface area contributed by atoms with Crippen molar-refractivity contribution >= 4 is 17.3 Å². The van der Waals surface area contributed by atoms with E-state index in [1.54, 1.807) is 0 Å². The van der Waals surface area contributed by atoms with Gasteiger partial charge in [0, 0.05) is 44.0 Å². The van der Waals surface area contributed by atoms with Crippen LogP contribution < -0.4 is 10.2 Å².